The summed E-state index contributed by atoms with van der Waals surface area (Å²) < 4.78 is 10.7. The van der Waals surface area contributed by atoms with Crippen molar-refractivity contribution in [1.29, 1.82) is 0 Å². The van der Waals surface area contributed by atoms with Crippen molar-refractivity contribution in [3.05, 3.63) is 59.7 Å². The van der Waals surface area contributed by atoms with Crippen LogP contribution in [0, 0.1) is 0 Å². The molecule has 29 heavy (non-hydrogen) atoms. The average molecular weight is 413 g/mol. The third-order valence-electron chi connectivity index (χ3n) is 4.30. The Morgan fingerprint density at radius 3 is 2.59 bits per heavy atom. The van der Waals surface area contributed by atoms with Crippen molar-refractivity contribution >= 4 is 34.8 Å². The average Bonchev–Trinajstić information content (AvgIpc) is 2.74. The predicted molar refractivity (Wildman–Crippen MR) is 114 cm³/mol. The molecule has 1 fully saturated rings. The Morgan fingerprint density at radius 2 is 1.83 bits per heavy atom. The summed E-state index contributed by atoms with van der Waals surface area (Å²) in [6, 6.07) is 13.9. The van der Waals surface area contributed by atoms with Crippen molar-refractivity contribution in [2.75, 3.05) is 38.2 Å². The SMILES string of the molecule is CCOc1cccc(C(=O)NC(=S)Nc2cccc(C(=O)N3CCOCC3)c2)c1. The maximum Gasteiger partial charge on any atom is 0.257 e. The largest absolute Gasteiger partial charge is 0.494 e. The smallest absolute Gasteiger partial charge is 0.257 e. The molecule has 0 saturated carbocycles. The fourth-order valence-corrected chi connectivity index (χ4v) is 3.12. The van der Waals surface area contributed by atoms with Crippen molar-refractivity contribution in [2.45, 2.75) is 6.92 Å². The molecular formula is C21H23N3O4S. The van der Waals surface area contributed by atoms with Crippen LogP contribution in [0.3, 0.4) is 0 Å². The molecule has 0 radical (unpaired) electrons. The summed E-state index contributed by atoms with van der Waals surface area (Å²) in [5, 5.41) is 5.74. The first kappa shape index (κ1) is 20.8. The van der Waals surface area contributed by atoms with E-state index in [0.29, 0.717) is 55.5 Å². The van der Waals surface area contributed by atoms with E-state index in [4.69, 9.17) is 21.7 Å². The van der Waals surface area contributed by atoms with Gasteiger partial charge in [-0.1, -0.05) is 12.1 Å². The van der Waals surface area contributed by atoms with Crippen LogP contribution in [0.4, 0.5) is 5.69 Å². The highest BCUT2D eigenvalue weighted by molar-refractivity contribution is 7.80. The summed E-state index contributed by atoms with van der Waals surface area (Å²) in [5.41, 5.74) is 1.62. The first-order valence-corrected chi connectivity index (χ1v) is 9.80. The van der Waals surface area contributed by atoms with E-state index >= 15 is 0 Å². The number of hydrogen-bond acceptors (Lipinski definition) is 5. The molecule has 0 aliphatic carbocycles. The fourth-order valence-electron chi connectivity index (χ4n) is 2.91. The normalized spacial score (nSPS) is 13.5. The molecule has 1 saturated heterocycles. The molecule has 0 spiro atoms. The number of nitrogens with zero attached hydrogens (tertiary/aromatic N) is 1. The maximum atomic E-state index is 12.6. The van der Waals surface area contributed by atoms with Gasteiger partial charge in [-0.05, 0) is 55.5 Å². The number of ether oxygens (including phenoxy) is 2. The lowest BCUT2D eigenvalue weighted by atomic mass is 10.1. The minimum atomic E-state index is -0.343. The van der Waals surface area contributed by atoms with Gasteiger partial charge in [0.2, 0.25) is 0 Å². The Hall–Kier alpha value is -2.97. The summed E-state index contributed by atoms with van der Waals surface area (Å²) in [6.07, 6.45) is 0. The Balaban J connectivity index is 1.61. The molecule has 8 heteroatoms. The third kappa shape index (κ3) is 5.75. The van der Waals surface area contributed by atoms with E-state index in [0.717, 1.165) is 0 Å². The van der Waals surface area contributed by atoms with Crippen molar-refractivity contribution in [3.8, 4) is 5.75 Å². The number of thiocarbonyl (C=S) groups is 1. The van der Waals surface area contributed by atoms with Crippen LogP contribution in [0.2, 0.25) is 0 Å². The lowest BCUT2D eigenvalue weighted by Crippen LogP contribution is -2.40. The molecular weight excluding hydrogens is 390 g/mol. The second-order valence-corrected chi connectivity index (χ2v) is 6.76. The lowest BCUT2D eigenvalue weighted by molar-refractivity contribution is 0.0303. The van der Waals surface area contributed by atoms with Gasteiger partial charge in [-0.3, -0.25) is 14.9 Å². The van der Waals surface area contributed by atoms with Gasteiger partial charge in [0.25, 0.3) is 11.8 Å². The monoisotopic (exact) mass is 413 g/mol. The quantitative estimate of drug-likeness (QED) is 0.734. The van der Waals surface area contributed by atoms with E-state index < -0.39 is 0 Å². The Morgan fingerprint density at radius 1 is 1.10 bits per heavy atom. The minimum absolute atomic E-state index is 0.0559. The first-order chi connectivity index (χ1) is 14.1. The second kappa shape index (κ2) is 9.99. The standard InChI is InChI=1S/C21H23N3O4S/c1-2-28-18-8-4-5-15(14-18)19(25)23-21(29)22-17-7-3-6-16(13-17)20(26)24-9-11-27-12-10-24/h3-8,13-14H,2,9-12H2,1H3,(H2,22,23,25,29). The summed E-state index contributed by atoms with van der Waals surface area (Å²) in [4.78, 5) is 26.8. The summed E-state index contributed by atoms with van der Waals surface area (Å²) >= 11 is 5.24. The van der Waals surface area contributed by atoms with Crippen molar-refractivity contribution in [3.63, 3.8) is 0 Å². The molecule has 2 aromatic rings. The van der Waals surface area contributed by atoms with Crippen LogP contribution >= 0.6 is 12.2 Å². The number of amides is 2. The summed E-state index contributed by atoms with van der Waals surface area (Å²) in [6.45, 7) is 4.64. The lowest BCUT2D eigenvalue weighted by Gasteiger charge is -2.27. The van der Waals surface area contributed by atoms with Crippen LogP contribution in [0.15, 0.2) is 48.5 Å². The molecule has 2 N–H and O–H groups in total. The Kier molecular flexibility index (Phi) is 7.15. The highest BCUT2D eigenvalue weighted by Gasteiger charge is 2.18. The van der Waals surface area contributed by atoms with Gasteiger partial charge < -0.3 is 19.7 Å². The zero-order chi connectivity index (χ0) is 20.6. The number of rotatable bonds is 5. The van der Waals surface area contributed by atoms with Crippen LogP contribution in [-0.2, 0) is 4.74 Å². The molecule has 0 atom stereocenters. The fraction of sp³-hybridized carbons (Fsp3) is 0.286. The molecule has 1 aliphatic heterocycles. The van der Waals surface area contributed by atoms with Gasteiger partial charge >= 0.3 is 0 Å². The van der Waals surface area contributed by atoms with E-state index in [1.807, 2.05) is 6.92 Å². The van der Waals surface area contributed by atoms with Crippen LogP contribution in [0.25, 0.3) is 0 Å². The van der Waals surface area contributed by atoms with Gasteiger partial charge in [-0.25, -0.2) is 0 Å². The number of carbonyl (C=O) groups excluding carboxylic acids is 2. The second-order valence-electron chi connectivity index (χ2n) is 6.35. The Bertz CT molecular complexity index is 897. The Labute approximate surface area is 175 Å². The zero-order valence-corrected chi connectivity index (χ0v) is 17.0. The van der Waals surface area contributed by atoms with Crippen LogP contribution in [0.1, 0.15) is 27.6 Å². The minimum Gasteiger partial charge on any atom is -0.494 e. The van der Waals surface area contributed by atoms with E-state index in [1.165, 1.54) is 0 Å². The molecule has 2 amide bonds. The van der Waals surface area contributed by atoms with Crippen molar-refractivity contribution in [1.82, 2.24) is 10.2 Å². The molecule has 0 bridgehead atoms. The van der Waals surface area contributed by atoms with E-state index in [1.54, 1.807) is 53.4 Å². The number of anilines is 1. The van der Waals surface area contributed by atoms with Crippen molar-refractivity contribution < 1.29 is 19.1 Å². The molecule has 7 nitrogen and oxygen atoms in total. The molecule has 0 aromatic heterocycles. The van der Waals surface area contributed by atoms with E-state index in [-0.39, 0.29) is 16.9 Å². The van der Waals surface area contributed by atoms with Crippen LogP contribution in [0.5, 0.6) is 5.75 Å². The van der Waals surface area contributed by atoms with E-state index in [2.05, 4.69) is 10.6 Å². The highest BCUT2D eigenvalue weighted by atomic mass is 32.1. The number of morpholine rings is 1. The van der Waals surface area contributed by atoms with Gasteiger partial charge in [0.1, 0.15) is 5.75 Å². The summed E-state index contributed by atoms with van der Waals surface area (Å²) in [7, 11) is 0. The van der Waals surface area contributed by atoms with Crippen LogP contribution in [-0.4, -0.2) is 54.7 Å². The van der Waals surface area contributed by atoms with Crippen LogP contribution < -0.4 is 15.4 Å². The maximum absolute atomic E-state index is 12.6. The number of hydrogen-bond donors (Lipinski definition) is 2. The molecule has 0 unspecified atom stereocenters. The van der Waals surface area contributed by atoms with Gasteiger partial charge in [0, 0.05) is 29.9 Å². The van der Waals surface area contributed by atoms with Gasteiger partial charge in [-0.15, -0.1) is 0 Å². The van der Waals surface area contributed by atoms with Gasteiger partial charge in [-0.2, -0.15) is 0 Å². The molecule has 2 aromatic carbocycles. The zero-order valence-electron chi connectivity index (χ0n) is 16.1. The summed E-state index contributed by atoms with van der Waals surface area (Å²) in [5.74, 6) is 0.220. The number of benzene rings is 2. The van der Waals surface area contributed by atoms with E-state index in [9.17, 15) is 9.59 Å². The number of carbonyl (C=O) groups is 2. The topological polar surface area (TPSA) is 79.9 Å². The third-order valence-corrected chi connectivity index (χ3v) is 4.50. The number of nitrogens with one attached hydrogen (secondary N) is 2. The molecule has 1 heterocycles. The first-order valence-electron chi connectivity index (χ1n) is 9.39. The van der Waals surface area contributed by atoms with Gasteiger partial charge in [0.15, 0.2) is 5.11 Å². The van der Waals surface area contributed by atoms with Crippen molar-refractivity contribution in [2.24, 2.45) is 0 Å². The molecule has 3 rings (SSSR count). The predicted octanol–water partition coefficient (Wildman–Crippen LogP) is 2.68. The molecule has 1 aliphatic rings. The highest BCUT2D eigenvalue weighted by Crippen LogP contribution is 2.15. The van der Waals surface area contributed by atoms with Gasteiger partial charge in [0.05, 0.1) is 19.8 Å². The molecule has 152 valence electrons.